The van der Waals surface area contributed by atoms with Crippen LogP contribution in [0.15, 0.2) is 120 Å². The Balaban J connectivity index is 1.65. The van der Waals surface area contributed by atoms with Crippen LogP contribution in [0.3, 0.4) is 0 Å². The fourth-order valence-electron chi connectivity index (χ4n) is 5.31. The summed E-state index contributed by atoms with van der Waals surface area (Å²) >= 11 is 18.8. The summed E-state index contributed by atoms with van der Waals surface area (Å²) in [5, 5.41) is 13.7. The van der Waals surface area contributed by atoms with Gasteiger partial charge in [0.05, 0.1) is 17.0 Å². The molecule has 0 bridgehead atoms. The molecule has 0 aromatic heterocycles. The Morgan fingerprint density at radius 1 is 0.818 bits per heavy atom. The van der Waals surface area contributed by atoms with Crippen molar-refractivity contribution in [2.45, 2.75) is 35.9 Å². The summed E-state index contributed by atoms with van der Waals surface area (Å²) < 4.78 is 30.4. The van der Waals surface area contributed by atoms with E-state index in [1.807, 2.05) is 6.07 Å². The van der Waals surface area contributed by atoms with Crippen molar-refractivity contribution >= 4 is 56.7 Å². The molecule has 1 heterocycles. The molecule has 0 radical (unpaired) electrons. The van der Waals surface area contributed by atoms with Crippen molar-refractivity contribution in [3.63, 3.8) is 0 Å². The van der Waals surface area contributed by atoms with Crippen LogP contribution < -0.4 is 5.32 Å². The average Bonchev–Trinajstić information content (AvgIpc) is 3.00. The van der Waals surface area contributed by atoms with Crippen LogP contribution in [-0.2, 0) is 26.0 Å². The number of sulfonamides is 1. The number of halogens is 3. The zero-order chi connectivity index (χ0) is 31.4. The number of carbonyl (C=O) groups is 2. The van der Waals surface area contributed by atoms with Gasteiger partial charge >= 0.3 is 5.97 Å². The molecule has 1 amide bonds. The molecule has 4 aromatic rings. The molecular formula is C33H27Cl3N2O5S. The van der Waals surface area contributed by atoms with Gasteiger partial charge in [0.15, 0.2) is 0 Å². The summed E-state index contributed by atoms with van der Waals surface area (Å²) in [5.41, 5.74) is 1.84. The Bertz CT molecular complexity index is 1810. The standard InChI is InChI=1S/C33H27Cl3N2O5S/c34-24-12-14-27(15-13-24)44(42,43)38-30(22-8-4-10-25(35)19-22)17-16-28(31(38)23-9-5-11-26(36)20-23)32(39)37-29(33(40)41)18-21-6-2-1-3-7-21/h1-16,19-20,29-31H,17-18H2,(H,37,39)(H,40,41)/t29-,30-,31-/m0/s1. The van der Waals surface area contributed by atoms with Crippen LogP contribution in [0.2, 0.25) is 15.1 Å². The van der Waals surface area contributed by atoms with Gasteiger partial charge in [0.1, 0.15) is 6.04 Å². The van der Waals surface area contributed by atoms with Crippen LogP contribution in [0.5, 0.6) is 0 Å². The number of rotatable bonds is 9. The molecular weight excluding hydrogens is 643 g/mol. The van der Waals surface area contributed by atoms with Crippen molar-refractivity contribution < 1.29 is 23.1 Å². The molecule has 4 aromatic carbocycles. The predicted molar refractivity (Wildman–Crippen MR) is 171 cm³/mol. The van der Waals surface area contributed by atoms with Crippen LogP contribution in [-0.4, -0.2) is 35.7 Å². The molecule has 11 heteroatoms. The summed E-state index contributed by atoms with van der Waals surface area (Å²) in [6.07, 6.45) is 1.81. The van der Waals surface area contributed by atoms with E-state index in [4.69, 9.17) is 34.8 Å². The van der Waals surface area contributed by atoms with Crippen molar-refractivity contribution in [2.75, 3.05) is 0 Å². The maximum absolute atomic E-state index is 14.5. The third-order valence-electron chi connectivity index (χ3n) is 7.35. The number of carboxylic acid groups (broad SMARTS) is 1. The van der Waals surface area contributed by atoms with Crippen LogP contribution >= 0.6 is 34.8 Å². The van der Waals surface area contributed by atoms with Gasteiger partial charge in [-0.1, -0.05) is 95.5 Å². The topological polar surface area (TPSA) is 104 Å². The molecule has 0 aliphatic carbocycles. The zero-order valence-electron chi connectivity index (χ0n) is 23.1. The number of hydrogen-bond acceptors (Lipinski definition) is 4. The molecule has 0 fully saturated rings. The van der Waals surface area contributed by atoms with Gasteiger partial charge in [0, 0.05) is 27.1 Å². The highest BCUT2D eigenvalue weighted by Gasteiger charge is 2.45. The van der Waals surface area contributed by atoms with Crippen molar-refractivity contribution in [3.8, 4) is 0 Å². The van der Waals surface area contributed by atoms with Crippen LogP contribution in [0.4, 0.5) is 0 Å². The average molecular weight is 670 g/mol. The number of aliphatic carboxylic acids is 1. The Labute approximate surface area is 270 Å². The number of amides is 1. The van der Waals surface area contributed by atoms with E-state index < -0.39 is 40.0 Å². The SMILES string of the molecule is O=C(N[C@@H](Cc1ccccc1)C(=O)O)C1=CC[C@@H](c2cccc(Cl)c2)N(S(=O)(=O)c2ccc(Cl)cc2)[C@H]1c1cccc(Cl)c1. The molecule has 0 spiro atoms. The summed E-state index contributed by atoms with van der Waals surface area (Å²) in [5.74, 6) is -1.93. The second-order valence-corrected chi connectivity index (χ2v) is 13.4. The lowest BCUT2D eigenvalue weighted by molar-refractivity contribution is -0.141. The highest BCUT2D eigenvalue weighted by molar-refractivity contribution is 7.89. The minimum atomic E-state index is -4.31. The largest absolute Gasteiger partial charge is 0.480 e. The van der Waals surface area contributed by atoms with Gasteiger partial charge in [-0.05, 0) is 71.6 Å². The zero-order valence-corrected chi connectivity index (χ0v) is 26.2. The fourth-order valence-corrected chi connectivity index (χ4v) is 7.62. The molecule has 1 aliphatic heterocycles. The van der Waals surface area contributed by atoms with Gasteiger partial charge in [-0.3, -0.25) is 4.79 Å². The van der Waals surface area contributed by atoms with Gasteiger partial charge in [-0.25, -0.2) is 13.2 Å². The molecule has 0 saturated heterocycles. The second-order valence-electron chi connectivity index (χ2n) is 10.3. The molecule has 44 heavy (non-hydrogen) atoms. The molecule has 0 unspecified atom stereocenters. The van der Waals surface area contributed by atoms with E-state index >= 15 is 0 Å². The first kappa shape index (κ1) is 31.8. The van der Waals surface area contributed by atoms with Crippen molar-refractivity contribution in [3.05, 3.63) is 147 Å². The maximum atomic E-state index is 14.5. The maximum Gasteiger partial charge on any atom is 0.326 e. The third kappa shape index (κ3) is 7.01. The number of nitrogens with one attached hydrogen (secondary N) is 1. The lowest BCUT2D eigenvalue weighted by Crippen LogP contribution is -2.48. The Morgan fingerprint density at radius 3 is 2.05 bits per heavy atom. The number of carboxylic acids is 1. The summed E-state index contributed by atoms with van der Waals surface area (Å²) in [6.45, 7) is 0. The summed E-state index contributed by atoms with van der Waals surface area (Å²) in [7, 11) is -4.31. The molecule has 2 N–H and O–H groups in total. The van der Waals surface area contributed by atoms with Crippen LogP contribution in [0.1, 0.15) is 35.2 Å². The van der Waals surface area contributed by atoms with Crippen molar-refractivity contribution in [2.24, 2.45) is 0 Å². The highest BCUT2D eigenvalue weighted by Crippen LogP contribution is 2.46. The number of benzene rings is 4. The third-order valence-corrected chi connectivity index (χ3v) is 9.96. The Kier molecular flexibility index (Phi) is 9.78. The predicted octanol–water partition coefficient (Wildman–Crippen LogP) is 7.26. The van der Waals surface area contributed by atoms with Gasteiger partial charge in [0.25, 0.3) is 0 Å². The molecule has 1 aliphatic rings. The quantitative estimate of drug-likeness (QED) is 0.195. The van der Waals surface area contributed by atoms with E-state index in [0.717, 1.165) is 5.56 Å². The molecule has 7 nitrogen and oxygen atoms in total. The summed E-state index contributed by atoms with van der Waals surface area (Å²) in [6, 6.07) is 24.9. The lowest BCUT2D eigenvalue weighted by atomic mass is 9.88. The molecule has 0 saturated carbocycles. The number of nitrogens with zero attached hydrogens (tertiary/aromatic N) is 1. The first-order valence-electron chi connectivity index (χ1n) is 13.6. The van der Waals surface area contributed by atoms with E-state index in [-0.39, 0.29) is 23.3 Å². The lowest BCUT2D eigenvalue weighted by Gasteiger charge is -2.41. The van der Waals surface area contributed by atoms with Gasteiger partial charge in [0.2, 0.25) is 15.9 Å². The first-order chi connectivity index (χ1) is 21.0. The highest BCUT2D eigenvalue weighted by atomic mass is 35.5. The van der Waals surface area contributed by atoms with Gasteiger partial charge in [-0.2, -0.15) is 4.31 Å². The van der Waals surface area contributed by atoms with E-state index in [9.17, 15) is 23.1 Å². The Hall–Kier alpha value is -3.66. The number of carbonyl (C=O) groups excluding carboxylic acids is 1. The van der Waals surface area contributed by atoms with Crippen LogP contribution in [0.25, 0.3) is 0 Å². The van der Waals surface area contributed by atoms with Crippen molar-refractivity contribution in [1.82, 2.24) is 9.62 Å². The summed E-state index contributed by atoms with van der Waals surface area (Å²) in [4.78, 5) is 26.2. The Morgan fingerprint density at radius 2 is 1.43 bits per heavy atom. The first-order valence-corrected chi connectivity index (χ1v) is 16.2. The fraction of sp³-hybridized carbons (Fsp3) is 0.152. The van der Waals surface area contributed by atoms with Gasteiger partial charge in [-0.15, -0.1) is 0 Å². The van der Waals surface area contributed by atoms with Gasteiger partial charge < -0.3 is 10.4 Å². The van der Waals surface area contributed by atoms with E-state index in [1.165, 1.54) is 28.6 Å². The van der Waals surface area contributed by atoms with E-state index in [2.05, 4.69) is 5.32 Å². The smallest absolute Gasteiger partial charge is 0.326 e. The molecule has 3 atom stereocenters. The monoisotopic (exact) mass is 668 g/mol. The van der Waals surface area contributed by atoms with E-state index in [1.54, 1.807) is 78.9 Å². The molecule has 226 valence electrons. The molecule has 5 rings (SSSR count). The minimum Gasteiger partial charge on any atom is -0.480 e. The minimum absolute atomic E-state index is 0.0323. The normalized spacial score (nSPS) is 17.8. The number of hydrogen-bond donors (Lipinski definition) is 2. The van der Waals surface area contributed by atoms with Crippen molar-refractivity contribution in [1.29, 1.82) is 0 Å². The second kappa shape index (κ2) is 13.5. The van der Waals surface area contributed by atoms with E-state index in [0.29, 0.717) is 26.2 Å². The van der Waals surface area contributed by atoms with Crippen LogP contribution in [0, 0.1) is 0 Å².